The van der Waals surface area contributed by atoms with Crippen molar-refractivity contribution in [3.8, 4) is 23.0 Å². The van der Waals surface area contributed by atoms with Crippen molar-refractivity contribution in [1.82, 2.24) is 0 Å². The number of hydrogen-bond donors (Lipinski definition) is 0. The van der Waals surface area contributed by atoms with Gasteiger partial charge in [0, 0.05) is 0 Å². The Morgan fingerprint density at radius 1 is 0.500 bits per heavy atom. The lowest BCUT2D eigenvalue weighted by molar-refractivity contribution is 0.317. The van der Waals surface area contributed by atoms with E-state index >= 15 is 0 Å². The molecule has 4 aromatic carbocycles. The zero-order chi connectivity index (χ0) is 31.4. The molecule has 0 atom stereocenters. The second kappa shape index (κ2) is 15.4. The topological polar surface area (TPSA) is 105 Å². The average Bonchev–Trinajstić information content (AvgIpc) is 3.05. The van der Waals surface area contributed by atoms with Crippen LogP contribution in [0, 0.1) is 0 Å². The molecule has 0 aliphatic heterocycles. The molecule has 0 bridgehead atoms. The maximum atomic E-state index is 13.3. The highest BCUT2D eigenvalue weighted by Gasteiger charge is 2.23. The first-order valence-corrected chi connectivity index (χ1v) is 17.3. The van der Waals surface area contributed by atoms with Gasteiger partial charge >= 0.3 is 0 Å². The summed E-state index contributed by atoms with van der Waals surface area (Å²) in [6.07, 6.45) is 5.06. The molecule has 0 heterocycles. The lowest BCUT2D eigenvalue weighted by Gasteiger charge is -2.12. The number of ether oxygens (including phenoxy) is 4. The molecule has 0 amide bonds. The molecule has 44 heavy (non-hydrogen) atoms. The summed E-state index contributed by atoms with van der Waals surface area (Å²) in [4.78, 5) is 0.374. The van der Waals surface area contributed by atoms with Gasteiger partial charge in [0.15, 0.2) is 0 Å². The summed E-state index contributed by atoms with van der Waals surface area (Å²) in [5.74, 6) is 1.64. The summed E-state index contributed by atoms with van der Waals surface area (Å²) < 4.78 is 76.0. The Morgan fingerprint density at radius 2 is 0.864 bits per heavy atom. The summed E-state index contributed by atoms with van der Waals surface area (Å²) in [5, 5.41) is 0. The van der Waals surface area contributed by atoms with E-state index in [2.05, 4.69) is 0 Å². The predicted octanol–water partition coefficient (Wildman–Crippen LogP) is 6.94. The van der Waals surface area contributed by atoms with Crippen molar-refractivity contribution in [2.24, 2.45) is 0 Å². The van der Waals surface area contributed by atoms with Crippen LogP contribution in [0.5, 0.6) is 23.0 Å². The Morgan fingerprint density at radius 3 is 1.23 bits per heavy atom. The first-order chi connectivity index (χ1) is 21.3. The van der Waals surface area contributed by atoms with Crippen LogP contribution in [0.4, 0.5) is 0 Å². The van der Waals surface area contributed by atoms with Crippen LogP contribution in [0.25, 0.3) is 0 Å². The largest absolute Gasteiger partial charge is 0.494 e. The van der Waals surface area contributed by atoms with Gasteiger partial charge in [-0.2, -0.15) is 0 Å². The average molecular weight is 637 g/mol. The summed E-state index contributed by atoms with van der Waals surface area (Å²) in [7, 11) is -7.66. The second-order valence-corrected chi connectivity index (χ2v) is 13.5. The van der Waals surface area contributed by atoms with Crippen LogP contribution in [0.3, 0.4) is 0 Å². The molecule has 10 heteroatoms. The third-order valence-corrected chi connectivity index (χ3v) is 9.95. The summed E-state index contributed by atoms with van der Waals surface area (Å²) >= 11 is 0. The number of benzene rings is 4. The Bertz CT molecular complexity index is 1610. The van der Waals surface area contributed by atoms with Gasteiger partial charge in [-0.3, -0.25) is 0 Å². The van der Waals surface area contributed by atoms with E-state index in [0.717, 1.165) is 12.8 Å². The van der Waals surface area contributed by atoms with Crippen LogP contribution >= 0.6 is 0 Å². The third-order valence-electron chi connectivity index (χ3n) is 6.33. The Labute approximate surface area is 259 Å². The van der Waals surface area contributed by atoms with Crippen LogP contribution < -0.4 is 18.9 Å². The molecule has 0 unspecified atom stereocenters. The lowest BCUT2D eigenvalue weighted by Crippen LogP contribution is -2.07. The van der Waals surface area contributed by atoms with E-state index in [-0.39, 0.29) is 44.3 Å². The number of hydrogen-bond acceptors (Lipinski definition) is 8. The standard InChI is InChI=1S/C34H36O8S2/c1-3-23-39-27-15-19-29(20-16-27)43(35,36)33-13-7-5-11-31(33)41-25-9-10-26-42-32-12-6-8-14-34(32)44(37,38)30-21-17-28(18-22-30)40-24-4-2/h5-22H,3-4,23-26H2,1-2H3. The lowest BCUT2D eigenvalue weighted by atomic mass is 10.3. The molecular formula is C34H36O8S2. The molecule has 0 aromatic heterocycles. The van der Waals surface area contributed by atoms with Gasteiger partial charge < -0.3 is 18.9 Å². The first kappa shape index (κ1) is 32.6. The molecular weight excluding hydrogens is 601 g/mol. The minimum Gasteiger partial charge on any atom is -0.494 e. The monoisotopic (exact) mass is 636 g/mol. The van der Waals surface area contributed by atoms with Crippen molar-refractivity contribution in [3.05, 3.63) is 109 Å². The third kappa shape index (κ3) is 8.21. The van der Waals surface area contributed by atoms with E-state index in [1.807, 2.05) is 13.8 Å². The van der Waals surface area contributed by atoms with Crippen LogP contribution in [-0.4, -0.2) is 43.3 Å². The second-order valence-electron chi connectivity index (χ2n) is 9.63. The molecule has 232 valence electrons. The molecule has 0 N–H and O–H groups in total. The molecule has 0 saturated heterocycles. The predicted molar refractivity (Wildman–Crippen MR) is 168 cm³/mol. The van der Waals surface area contributed by atoms with E-state index in [1.54, 1.807) is 72.8 Å². The van der Waals surface area contributed by atoms with Crippen molar-refractivity contribution in [3.63, 3.8) is 0 Å². The van der Waals surface area contributed by atoms with Crippen LogP contribution in [0.2, 0.25) is 0 Å². The van der Waals surface area contributed by atoms with Gasteiger partial charge in [0.1, 0.15) is 46.0 Å². The van der Waals surface area contributed by atoms with Gasteiger partial charge in [0.2, 0.25) is 19.7 Å². The maximum Gasteiger partial charge on any atom is 0.210 e. The van der Waals surface area contributed by atoms with Gasteiger partial charge in [0.05, 0.1) is 23.0 Å². The molecule has 0 radical (unpaired) electrons. The molecule has 0 aliphatic rings. The number of para-hydroxylation sites is 2. The van der Waals surface area contributed by atoms with Gasteiger partial charge in [-0.15, -0.1) is 0 Å². The van der Waals surface area contributed by atoms with Crippen molar-refractivity contribution in [1.29, 1.82) is 0 Å². The Kier molecular flexibility index (Phi) is 11.5. The van der Waals surface area contributed by atoms with E-state index < -0.39 is 19.7 Å². The van der Waals surface area contributed by atoms with Crippen molar-refractivity contribution in [2.75, 3.05) is 26.4 Å². The van der Waals surface area contributed by atoms with Crippen LogP contribution in [0.15, 0.2) is 129 Å². The van der Waals surface area contributed by atoms with E-state index in [0.29, 0.717) is 24.7 Å². The van der Waals surface area contributed by atoms with Gasteiger partial charge in [0.25, 0.3) is 0 Å². The summed E-state index contributed by atoms with van der Waals surface area (Å²) in [6.45, 7) is 5.25. The van der Waals surface area contributed by atoms with Crippen LogP contribution in [0.1, 0.15) is 26.7 Å². The van der Waals surface area contributed by atoms with Crippen molar-refractivity contribution >= 4 is 19.7 Å². The van der Waals surface area contributed by atoms with Gasteiger partial charge in [-0.05, 0) is 97.8 Å². The molecule has 0 aliphatic carbocycles. The fraction of sp³-hybridized carbons (Fsp3) is 0.235. The van der Waals surface area contributed by atoms with E-state index in [4.69, 9.17) is 18.9 Å². The Balaban J connectivity index is 1.38. The van der Waals surface area contributed by atoms with E-state index in [9.17, 15) is 16.8 Å². The molecule has 0 saturated carbocycles. The quantitative estimate of drug-likeness (QED) is 0.122. The molecule has 0 spiro atoms. The van der Waals surface area contributed by atoms with Crippen LogP contribution in [-0.2, 0) is 19.7 Å². The van der Waals surface area contributed by atoms with Crippen molar-refractivity contribution in [2.45, 2.75) is 46.3 Å². The summed E-state index contributed by atoms with van der Waals surface area (Å²) in [5.41, 5.74) is 0. The smallest absolute Gasteiger partial charge is 0.210 e. The SMILES string of the molecule is CCCOc1ccc(S(=O)(=O)c2ccccc2OCC=CCOc2ccccc2S(=O)(=O)c2ccc(OCCC)cc2)cc1. The van der Waals surface area contributed by atoms with E-state index in [1.165, 1.54) is 36.4 Å². The Hall–Kier alpha value is -4.28. The molecule has 4 aromatic rings. The first-order valence-electron chi connectivity index (χ1n) is 14.3. The summed E-state index contributed by atoms with van der Waals surface area (Å²) in [6, 6.07) is 25.5. The number of rotatable bonds is 16. The zero-order valence-corrected chi connectivity index (χ0v) is 26.4. The maximum absolute atomic E-state index is 13.3. The molecule has 0 fully saturated rings. The zero-order valence-electron chi connectivity index (χ0n) is 24.7. The van der Waals surface area contributed by atoms with Gasteiger partial charge in [-0.25, -0.2) is 16.8 Å². The van der Waals surface area contributed by atoms with Gasteiger partial charge in [-0.1, -0.05) is 38.1 Å². The molecule has 8 nitrogen and oxygen atoms in total. The van der Waals surface area contributed by atoms with Crippen molar-refractivity contribution < 1.29 is 35.8 Å². The minimum atomic E-state index is -3.83. The highest BCUT2D eigenvalue weighted by molar-refractivity contribution is 7.92. The fourth-order valence-electron chi connectivity index (χ4n) is 4.12. The highest BCUT2D eigenvalue weighted by Crippen LogP contribution is 2.31. The molecule has 4 rings (SSSR count). The minimum absolute atomic E-state index is 0.0518. The fourth-order valence-corrected chi connectivity index (χ4v) is 6.91. The normalized spacial score (nSPS) is 11.8. The highest BCUT2D eigenvalue weighted by atomic mass is 32.2. The number of sulfone groups is 2.